The minimum Gasteiger partial charge on any atom is -0.482 e. The van der Waals surface area contributed by atoms with Gasteiger partial charge in [0.05, 0.1) is 0 Å². The van der Waals surface area contributed by atoms with Crippen LogP contribution < -0.4 is 16.2 Å². The maximum Gasteiger partial charge on any atom is 0.255 e. The molecule has 0 aromatic heterocycles. The molecule has 0 spiro atoms. The molecule has 1 aromatic rings. The normalized spacial score (nSPS) is 17.6. The van der Waals surface area contributed by atoms with Gasteiger partial charge in [0.2, 0.25) is 10.0 Å². The molecule has 1 aliphatic heterocycles. The largest absolute Gasteiger partial charge is 0.482 e. The van der Waals surface area contributed by atoms with Gasteiger partial charge in [-0.15, -0.1) is 12.4 Å². The molecule has 25 heavy (non-hydrogen) atoms. The number of primary amides is 1. The van der Waals surface area contributed by atoms with E-state index < -0.39 is 22.5 Å². The maximum absolute atomic E-state index is 12.9. The summed E-state index contributed by atoms with van der Waals surface area (Å²) in [5, 5.41) is 0.269. The van der Waals surface area contributed by atoms with Crippen LogP contribution in [0, 0.1) is 5.92 Å². The lowest BCUT2D eigenvalue weighted by molar-refractivity contribution is -0.120. The van der Waals surface area contributed by atoms with Gasteiger partial charge >= 0.3 is 0 Å². The summed E-state index contributed by atoms with van der Waals surface area (Å²) in [5.74, 6) is -0.319. The Morgan fingerprint density at radius 1 is 1.40 bits per heavy atom. The van der Waals surface area contributed by atoms with Gasteiger partial charge in [0.25, 0.3) is 5.91 Å². The Kier molecular flexibility index (Phi) is 7.95. The van der Waals surface area contributed by atoms with E-state index in [0.717, 1.165) is 0 Å². The van der Waals surface area contributed by atoms with Crippen LogP contribution in [-0.4, -0.2) is 44.4 Å². The summed E-state index contributed by atoms with van der Waals surface area (Å²) in [6, 6.07) is 4.28. The number of hydrogen-bond donors (Lipinski definition) is 2. The summed E-state index contributed by atoms with van der Waals surface area (Å²) in [6.45, 7) is 2.30. The third-order valence-corrected chi connectivity index (χ3v) is 6.29. The van der Waals surface area contributed by atoms with E-state index in [1.54, 1.807) is 0 Å². The third-order valence-electron chi connectivity index (χ3n) is 4.14. The molecular formula is C15H23Cl2N3O4S. The summed E-state index contributed by atoms with van der Waals surface area (Å²) < 4.78 is 32.5. The number of ether oxygens (including phenoxy) is 1. The number of rotatable bonds is 6. The molecule has 7 nitrogen and oxygen atoms in total. The van der Waals surface area contributed by atoms with Crippen molar-refractivity contribution in [3.05, 3.63) is 23.2 Å². The van der Waals surface area contributed by atoms with Gasteiger partial charge in [-0.05, 0) is 43.9 Å². The van der Waals surface area contributed by atoms with E-state index in [0.29, 0.717) is 31.8 Å². The molecule has 0 radical (unpaired) electrons. The first-order chi connectivity index (χ1) is 11.2. The Labute approximate surface area is 159 Å². The number of piperidine rings is 1. The van der Waals surface area contributed by atoms with E-state index in [1.807, 2.05) is 6.92 Å². The van der Waals surface area contributed by atoms with Crippen LogP contribution in [-0.2, 0) is 14.8 Å². The Hall–Kier alpha value is -1.06. The van der Waals surface area contributed by atoms with Gasteiger partial charge in [-0.25, -0.2) is 8.42 Å². The highest BCUT2D eigenvalue weighted by atomic mass is 35.5. The average molecular weight is 412 g/mol. The standard InChI is InChI=1S/C15H22ClN3O4S.ClH/c1-10(17)11-4-6-19(7-5-11)24(21,22)14-8-12(16)2-3-13(14)23-9-15(18)20;/h2-3,8,10-11H,4-7,9,17H2,1H3,(H2,18,20);1H. The molecule has 1 unspecified atom stereocenters. The zero-order valence-electron chi connectivity index (χ0n) is 13.9. The van der Waals surface area contributed by atoms with Gasteiger partial charge in [0.1, 0.15) is 10.6 Å². The molecule has 1 aromatic carbocycles. The minimum atomic E-state index is -3.78. The molecule has 142 valence electrons. The zero-order valence-corrected chi connectivity index (χ0v) is 16.2. The van der Waals surface area contributed by atoms with Gasteiger partial charge in [0, 0.05) is 24.2 Å². The summed E-state index contributed by atoms with van der Waals surface area (Å²) in [4.78, 5) is 10.8. The van der Waals surface area contributed by atoms with Crippen molar-refractivity contribution >= 4 is 39.9 Å². The van der Waals surface area contributed by atoms with Crippen LogP contribution in [0.1, 0.15) is 19.8 Å². The lowest BCUT2D eigenvalue weighted by atomic mass is 9.92. The number of carbonyl (C=O) groups is 1. The molecular weight excluding hydrogens is 389 g/mol. The Balaban J connectivity index is 0.00000312. The van der Waals surface area contributed by atoms with Crippen molar-refractivity contribution in [1.82, 2.24) is 4.31 Å². The third kappa shape index (κ3) is 5.46. The van der Waals surface area contributed by atoms with Gasteiger partial charge < -0.3 is 16.2 Å². The Morgan fingerprint density at radius 3 is 2.52 bits per heavy atom. The summed E-state index contributed by atoms with van der Waals surface area (Å²) in [7, 11) is -3.78. The molecule has 1 saturated heterocycles. The SMILES string of the molecule is CC(N)C1CCN(S(=O)(=O)c2cc(Cl)ccc2OCC(N)=O)CC1.Cl. The van der Waals surface area contributed by atoms with Crippen molar-refractivity contribution in [2.45, 2.75) is 30.7 Å². The second kappa shape index (κ2) is 9.05. The van der Waals surface area contributed by atoms with Crippen LogP contribution in [0.15, 0.2) is 23.1 Å². The van der Waals surface area contributed by atoms with Crippen LogP contribution in [0.5, 0.6) is 5.75 Å². The lowest BCUT2D eigenvalue weighted by Gasteiger charge is -2.33. The highest BCUT2D eigenvalue weighted by molar-refractivity contribution is 7.89. The molecule has 0 saturated carbocycles. The first-order valence-corrected chi connectivity index (χ1v) is 9.50. The molecule has 1 aliphatic rings. The fourth-order valence-corrected chi connectivity index (χ4v) is 4.60. The van der Waals surface area contributed by atoms with Crippen molar-refractivity contribution < 1.29 is 17.9 Å². The van der Waals surface area contributed by atoms with Crippen molar-refractivity contribution in [3.8, 4) is 5.75 Å². The van der Waals surface area contributed by atoms with Crippen LogP contribution in [0.25, 0.3) is 0 Å². The van der Waals surface area contributed by atoms with E-state index in [9.17, 15) is 13.2 Å². The van der Waals surface area contributed by atoms with Gasteiger partial charge in [0.15, 0.2) is 6.61 Å². The van der Waals surface area contributed by atoms with Gasteiger partial charge in [-0.1, -0.05) is 11.6 Å². The molecule has 1 amide bonds. The number of nitrogens with two attached hydrogens (primary N) is 2. The van der Waals surface area contributed by atoms with Crippen molar-refractivity contribution in [1.29, 1.82) is 0 Å². The van der Waals surface area contributed by atoms with Crippen LogP contribution >= 0.6 is 24.0 Å². The van der Waals surface area contributed by atoms with Crippen LogP contribution in [0.2, 0.25) is 5.02 Å². The quantitative estimate of drug-likeness (QED) is 0.732. The predicted molar refractivity (Wildman–Crippen MR) is 98.5 cm³/mol. The smallest absolute Gasteiger partial charge is 0.255 e. The first-order valence-electron chi connectivity index (χ1n) is 7.68. The number of amides is 1. The number of carbonyl (C=O) groups excluding carboxylic acids is 1. The molecule has 0 aliphatic carbocycles. The molecule has 2 rings (SSSR count). The Morgan fingerprint density at radius 2 is 2.00 bits per heavy atom. The second-order valence-electron chi connectivity index (χ2n) is 5.95. The number of nitrogens with zero attached hydrogens (tertiary/aromatic N) is 1. The molecule has 4 N–H and O–H groups in total. The minimum absolute atomic E-state index is 0. The number of hydrogen-bond acceptors (Lipinski definition) is 5. The van der Waals surface area contributed by atoms with Crippen molar-refractivity contribution in [3.63, 3.8) is 0 Å². The first kappa shape index (κ1) is 22.0. The number of benzene rings is 1. The van der Waals surface area contributed by atoms with E-state index in [4.69, 9.17) is 27.8 Å². The molecule has 0 bridgehead atoms. The van der Waals surface area contributed by atoms with E-state index in [-0.39, 0.29) is 34.1 Å². The summed E-state index contributed by atoms with van der Waals surface area (Å²) in [6.07, 6.45) is 1.41. The number of sulfonamides is 1. The molecule has 1 fully saturated rings. The maximum atomic E-state index is 12.9. The number of halogens is 2. The molecule has 10 heteroatoms. The fourth-order valence-electron chi connectivity index (χ4n) is 2.73. The highest BCUT2D eigenvalue weighted by Gasteiger charge is 2.32. The topological polar surface area (TPSA) is 116 Å². The molecule has 1 atom stereocenters. The van der Waals surface area contributed by atoms with E-state index in [2.05, 4.69) is 0 Å². The highest BCUT2D eigenvalue weighted by Crippen LogP contribution is 2.32. The molecule has 1 heterocycles. The van der Waals surface area contributed by atoms with E-state index in [1.165, 1.54) is 22.5 Å². The van der Waals surface area contributed by atoms with E-state index >= 15 is 0 Å². The fraction of sp³-hybridized carbons (Fsp3) is 0.533. The summed E-state index contributed by atoms with van der Waals surface area (Å²) >= 11 is 5.94. The van der Waals surface area contributed by atoms with Crippen LogP contribution in [0.4, 0.5) is 0 Å². The zero-order chi connectivity index (χ0) is 17.9. The van der Waals surface area contributed by atoms with Crippen molar-refractivity contribution in [2.75, 3.05) is 19.7 Å². The lowest BCUT2D eigenvalue weighted by Crippen LogP contribution is -2.42. The monoisotopic (exact) mass is 411 g/mol. The second-order valence-corrected chi connectivity index (χ2v) is 8.29. The summed E-state index contributed by atoms with van der Waals surface area (Å²) in [5.41, 5.74) is 10.9. The van der Waals surface area contributed by atoms with Crippen LogP contribution in [0.3, 0.4) is 0 Å². The Bertz CT molecular complexity index is 705. The predicted octanol–water partition coefficient (Wildman–Crippen LogP) is 1.37. The average Bonchev–Trinajstić information content (AvgIpc) is 2.53. The van der Waals surface area contributed by atoms with Gasteiger partial charge in [-0.3, -0.25) is 4.79 Å². The van der Waals surface area contributed by atoms with Crippen molar-refractivity contribution in [2.24, 2.45) is 17.4 Å². The van der Waals surface area contributed by atoms with Gasteiger partial charge in [-0.2, -0.15) is 4.31 Å².